The largest absolute Gasteiger partial charge is 0.345 e. The normalized spacial score (nSPS) is 10.1. The van der Waals surface area contributed by atoms with E-state index in [4.69, 9.17) is 0 Å². The number of nitrogens with zero attached hydrogens (tertiary/aromatic N) is 1. The standard InChI is InChI=1S/C11H15NO2/c1-2-3-4-7-12-8-5-6-10(12)11(14)9-13/h5-6,8-9H,2-4,7H2,1H3. The Morgan fingerprint density at radius 1 is 1.50 bits per heavy atom. The minimum Gasteiger partial charge on any atom is -0.345 e. The molecule has 1 aromatic heterocycles. The molecule has 0 bridgehead atoms. The summed E-state index contributed by atoms with van der Waals surface area (Å²) in [5, 5.41) is 0. The first-order valence-corrected chi connectivity index (χ1v) is 4.94. The lowest BCUT2D eigenvalue weighted by Crippen LogP contribution is -2.09. The first-order valence-electron chi connectivity index (χ1n) is 4.94. The van der Waals surface area contributed by atoms with Crippen molar-refractivity contribution in [2.45, 2.75) is 32.7 Å². The van der Waals surface area contributed by atoms with E-state index in [1.807, 2.05) is 10.8 Å². The van der Waals surface area contributed by atoms with Crippen molar-refractivity contribution >= 4 is 12.1 Å². The van der Waals surface area contributed by atoms with E-state index in [-0.39, 0.29) is 0 Å². The molecule has 0 amide bonds. The third-order valence-electron chi connectivity index (χ3n) is 2.19. The summed E-state index contributed by atoms with van der Waals surface area (Å²) in [7, 11) is 0. The van der Waals surface area contributed by atoms with Gasteiger partial charge in [-0.3, -0.25) is 9.59 Å². The van der Waals surface area contributed by atoms with E-state index in [0.29, 0.717) is 12.0 Å². The number of unbranched alkanes of at least 4 members (excludes halogenated alkanes) is 2. The summed E-state index contributed by atoms with van der Waals surface area (Å²) in [6.07, 6.45) is 5.55. The van der Waals surface area contributed by atoms with Crippen LogP contribution in [0.25, 0.3) is 0 Å². The van der Waals surface area contributed by atoms with Gasteiger partial charge in [0.1, 0.15) is 0 Å². The summed E-state index contributed by atoms with van der Waals surface area (Å²) in [6, 6.07) is 3.48. The number of rotatable bonds is 6. The molecule has 0 spiro atoms. The first kappa shape index (κ1) is 10.7. The van der Waals surface area contributed by atoms with Crippen molar-refractivity contribution in [3.63, 3.8) is 0 Å². The smallest absolute Gasteiger partial charge is 0.241 e. The second kappa shape index (κ2) is 5.37. The van der Waals surface area contributed by atoms with Crippen molar-refractivity contribution in [3.05, 3.63) is 24.0 Å². The molecule has 0 N–H and O–H groups in total. The lowest BCUT2D eigenvalue weighted by molar-refractivity contribution is -0.104. The number of aromatic nitrogens is 1. The van der Waals surface area contributed by atoms with Crippen LogP contribution in [0.1, 0.15) is 36.7 Å². The Labute approximate surface area is 83.7 Å². The molecule has 1 rings (SSSR count). The van der Waals surface area contributed by atoms with E-state index in [1.54, 1.807) is 12.1 Å². The third-order valence-corrected chi connectivity index (χ3v) is 2.19. The fraction of sp³-hybridized carbons (Fsp3) is 0.455. The zero-order valence-corrected chi connectivity index (χ0v) is 8.40. The van der Waals surface area contributed by atoms with Gasteiger partial charge in [-0.2, -0.15) is 0 Å². The Kier molecular flexibility index (Phi) is 4.11. The highest BCUT2D eigenvalue weighted by molar-refractivity contribution is 6.32. The highest BCUT2D eigenvalue weighted by atomic mass is 16.2. The van der Waals surface area contributed by atoms with Crippen molar-refractivity contribution in [2.75, 3.05) is 0 Å². The molecule has 0 saturated heterocycles. The van der Waals surface area contributed by atoms with Gasteiger partial charge < -0.3 is 4.57 Å². The lowest BCUT2D eigenvalue weighted by atomic mass is 10.2. The van der Waals surface area contributed by atoms with E-state index >= 15 is 0 Å². The predicted molar refractivity (Wildman–Crippen MR) is 54.4 cm³/mol. The van der Waals surface area contributed by atoms with Crippen LogP contribution >= 0.6 is 0 Å². The van der Waals surface area contributed by atoms with Gasteiger partial charge in [-0.05, 0) is 18.6 Å². The van der Waals surface area contributed by atoms with Crippen LogP contribution in [0.2, 0.25) is 0 Å². The van der Waals surface area contributed by atoms with E-state index in [0.717, 1.165) is 25.8 Å². The van der Waals surface area contributed by atoms with Crippen molar-refractivity contribution in [2.24, 2.45) is 0 Å². The van der Waals surface area contributed by atoms with Crippen LogP contribution in [0.5, 0.6) is 0 Å². The van der Waals surface area contributed by atoms with Crippen molar-refractivity contribution in [1.29, 1.82) is 0 Å². The quantitative estimate of drug-likeness (QED) is 0.300. The van der Waals surface area contributed by atoms with E-state index in [1.165, 1.54) is 0 Å². The third kappa shape index (κ3) is 2.55. The van der Waals surface area contributed by atoms with Gasteiger partial charge in [-0.25, -0.2) is 0 Å². The zero-order chi connectivity index (χ0) is 10.4. The lowest BCUT2D eigenvalue weighted by Gasteiger charge is -2.05. The minimum absolute atomic E-state index is 0.367. The molecule has 0 radical (unpaired) electrons. The second-order valence-electron chi connectivity index (χ2n) is 3.28. The zero-order valence-electron chi connectivity index (χ0n) is 8.40. The molecular formula is C11H15NO2. The van der Waals surface area contributed by atoms with Gasteiger partial charge in [-0.1, -0.05) is 19.8 Å². The molecule has 0 fully saturated rings. The number of carbonyl (C=O) groups excluding carboxylic acids is 2. The molecule has 1 aromatic rings. The Morgan fingerprint density at radius 2 is 2.29 bits per heavy atom. The highest BCUT2D eigenvalue weighted by Gasteiger charge is 2.08. The van der Waals surface area contributed by atoms with Crippen LogP contribution in [0.15, 0.2) is 18.3 Å². The van der Waals surface area contributed by atoms with Gasteiger partial charge in [0.05, 0.1) is 5.69 Å². The maximum Gasteiger partial charge on any atom is 0.241 e. The average Bonchev–Trinajstić information content (AvgIpc) is 2.65. The average molecular weight is 193 g/mol. The van der Waals surface area contributed by atoms with Gasteiger partial charge in [0.2, 0.25) is 5.78 Å². The second-order valence-corrected chi connectivity index (χ2v) is 3.28. The summed E-state index contributed by atoms with van der Waals surface area (Å²) in [5.41, 5.74) is 0.496. The molecule has 1 heterocycles. The molecular weight excluding hydrogens is 178 g/mol. The molecule has 14 heavy (non-hydrogen) atoms. The molecule has 3 heteroatoms. The Morgan fingerprint density at radius 3 is 2.93 bits per heavy atom. The van der Waals surface area contributed by atoms with Crippen LogP contribution in [0.4, 0.5) is 0 Å². The van der Waals surface area contributed by atoms with Gasteiger partial charge in [-0.15, -0.1) is 0 Å². The molecule has 0 atom stereocenters. The van der Waals surface area contributed by atoms with Crippen LogP contribution in [0.3, 0.4) is 0 Å². The summed E-state index contributed by atoms with van der Waals surface area (Å²) >= 11 is 0. The number of hydrogen-bond donors (Lipinski definition) is 0. The first-order chi connectivity index (χ1) is 6.79. The fourth-order valence-corrected chi connectivity index (χ4v) is 1.43. The Balaban J connectivity index is 2.62. The van der Waals surface area contributed by atoms with Gasteiger partial charge in [0.25, 0.3) is 0 Å². The molecule has 0 aliphatic rings. The summed E-state index contributed by atoms with van der Waals surface area (Å²) in [5.74, 6) is -0.438. The maximum absolute atomic E-state index is 11.1. The number of aldehydes is 1. The maximum atomic E-state index is 11.1. The van der Waals surface area contributed by atoms with Gasteiger partial charge in [0.15, 0.2) is 6.29 Å². The molecule has 0 unspecified atom stereocenters. The summed E-state index contributed by atoms with van der Waals surface area (Å²) in [6.45, 7) is 2.95. The predicted octanol–water partition coefficient (Wildman–Crippen LogP) is 2.06. The fourth-order valence-electron chi connectivity index (χ4n) is 1.43. The number of aryl methyl sites for hydroxylation is 1. The Bertz CT molecular complexity index is 315. The SMILES string of the molecule is CCCCCn1cccc1C(=O)C=O. The number of carbonyl (C=O) groups is 2. The van der Waals surface area contributed by atoms with Crippen LogP contribution in [-0.4, -0.2) is 16.6 Å². The van der Waals surface area contributed by atoms with Gasteiger partial charge >= 0.3 is 0 Å². The van der Waals surface area contributed by atoms with E-state index < -0.39 is 5.78 Å². The van der Waals surface area contributed by atoms with Crippen LogP contribution < -0.4 is 0 Å². The van der Waals surface area contributed by atoms with Crippen LogP contribution in [0, 0.1) is 0 Å². The van der Waals surface area contributed by atoms with Crippen molar-refractivity contribution in [1.82, 2.24) is 4.57 Å². The molecule has 0 aliphatic carbocycles. The minimum atomic E-state index is -0.438. The Hall–Kier alpha value is -1.38. The monoisotopic (exact) mass is 193 g/mol. The molecule has 0 aromatic carbocycles. The highest BCUT2D eigenvalue weighted by Crippen LogP contribution is 2.05. The molecule has 0 aliphatic heterocycles. The van der Waals surface area contributed by atoms with E-state index in [2.05, 4.69) is 6.92 Å². The van der Waals surface area contributed by atoms with E-state index in [9.17, 15) is 9.59 Å². The van der Waals surface area contributed by atoms with Crippen molar-refractivity contribution in [3.8, 4) is 0 Å². The molecule has 76 valence electrons. The van der Waals surface area contributed by atoms with Crippen molar-refractivity contribution < 1.29 is 9.59 Å². The summed E-state index contributed by atoms with van der Waals surface area (Å²) < 4.78 is 1.84. The molecule has 3 nitrogen and oxygen atoms in total. The van der Waals surface area contributed by atoms with Gasteiger partial charge in [0, 0.05) is 12.7 Å². The number of Topliss-reactive ketones (excluding diaryl/α,β-unsaturated/α-hetero) is 1. The number of ketones is 1. The topological polar surface area (TPSA) is 39.1 Å². The summed E-state index contributed by atoms with van der Waals surface area (Å²) in [4.78, 5) is 21.5. The number of hydrogen-bond acceptors (Lipinski definition) is 2. The molecule has 0 saturated carbocycles. The van der Waals surface area contributed by atoms with Crippen LogP contribution in [-0.2, 0) is 11.3 Å².